The molecule has 1 atom stereocenters. The Balaban J connectivity index is 1.72. The van der Waals surface area contributed by atoms with E-state index in [9.17, 15) is 9.59 Å². The lowest BCUT2D eigenvalue weighted by molar-refractivity contribution is -0.139. The van der Waals surface area contributed by atoms with Crippen molar-refractivity contribution >= 4 is 34.3 Å². The van der Waals surface area contributed by atoms with Crippen molar-refractivity contribution in [2.75, 3.05) is 6.61 Å². The average Bonchev–Trinajstić information content (AvgIpc) is 3.40. The molecule has 0 saturated carbocycles. The lowest BCUT2D eigenvalue weighted by Gasteiger charge is -2.25. The Hall–Kier alpha value is -3.97. The van der Waals surface area contributed by atoms with E-state index in [1.807, 2.05) is 49.5 Å². The van der Waals surface area contributed by atoms with Gasteiger partial charge in [-0.2, -0.15) is 0 Å². The quantitative estimate of drug-likeness (QED) is 0.250. The van der Waals surface area contributed by atoms with Crippen molar-refractivity contribution in [2.45, 2.75) is 46.2 Å². The van der Waals surface area contributed by atoms with Gasteiger partial charge in [0.05, 0.1) is 28.5 Å². The van der Waals surface area contributed by atoms with Gasteiger partial charge in [0, 0.05) is 29.2 Å². The number of esters is 1. The topological polar surface area (TPSA) is 65.6 Å². The molecule has 3 heterocycles. The summed E-state index contributed by atoms with van der Waals surface area (Å²) >= 11 is 1.34. The summed E-state index contributed by atoms with van der Waals surface area (Å²) in [6.07, 6.45) is 5.82. The van der Waals surface area contributed by atoms with Crippen LogP contribution in [0.3, 0.4) is 0 Å². The third-order valence-corrected chi connectivity index (χ3v) is 7.85. The molecule has 0 spiro atoms. The second-order valence-corrected chi connectivity index (χ2v) is 10.7. The smallest absolute Gasteiger partial charge is 0.338 e. The van der Waals surface area contributed by atoms with Crippen molar-refractivity contribution < 1.29 is 9.53 Å². The van der Waals surface area contributed by atoms with Crippen molar-refractivity contribution in [1.29, 1.82) is 0 Å². The molecule has 7 heteroatoms. The number of nitrogens with zero attached hydrogens (tertiary/aromatic N) is 3. The number of para-hydroxylation sites is 1. The van der Waals surface area contributed by atoms with Gasteiger partial charge in [-0.25, -0.2) is 9.79 Å². The minimum Gasteiger partial charge on any atom is -0.463 e. The van der Waals surface area contributed by atoms with Gasteiger partial charge in [0.25, 0.3) is 5.56 Å². The number of fused-ring (bicyclic) bond motifs is 2. The van der Waals surface area contributed by atoms with Crippen LogP contribution >= 0.6 is 11.3 Å². The van der Waals surface area contributed by atoms with Crippen molar-refractivity contribution in [3.63, 3.8) is 0 Å². The monoisotopic (exact) mass is 525 g/mol. The second-order valence-electron chi connectivity index (χ2n) is 9.67. The van der Waals surface area contributed by atoms with Crippen LogP contribution in [-0.4, -0.2) is 21.7 Å². The molecule has 0 radical (unpaired) electrons. The van der Waals surface area contributed by atoms with Gasteiger partial charge in [0.2, 0.25) is 0 Å². The molecular formula is C31H31N3O3S. The van der Waals surface area contributed by atoms with Gasteiger partial charge in [0.1, 0.15) is 0 Å². The maximum absolute atomic E-state index is 14.0. The summed E-state index contributed by atoms with van der Waals surface area (Å²) in [4.78, 5) is 32.4. The highest BCUT2D eigenvalue weighted by Gasteiger charge is 2.33. The summed E-state index contributed by atoms with van der Waals surface area (Å²) in [7, 11) is 0. The zero-order valence-electron chi connectivity index (χ0n) is 22.1. The number of benzene rings is 2. The normalized spacial score (nSPS) is 15.6. The molecule has 4 aromatic rings. The maximum atomic E-state index is 14.0. The van der Waals surface area contributed by atoms with Crippen LogP contribution in [0, 0.1) is 0 Å². The van der Waals surface area contributed by atoms with Crippen molar-refractivity contribution in [3.8, 4) is 0 Å². The Morgan fingerprint density at radius 1 is 1.18 bits per heavy atom. The highest BCUT2D eigenvalue weighted by atomic mass is 32.1. The minimum absolute atomic E-state index is 0.179. The zero-order valence-corrected chi connectivity index (χ0v) is 22.9. The van der Waals surface area contributed by atoms with Crippen LogP contribution in [0.1, 0.15) is 56.3 Å². The first-order chi connectivity index (χ1) is 18.3. The Labute approximate surface area is 225 Å². The molecular weight excluding hydrogens is 494 g/mol. The van der Waals surface area contributed by atoms with E-state index in [0.717, 1.165) is 22.0 Å². The van der Waals surface area contributed by atoms with Gasteiger partial charge in [-0.3, -0.25) is 9.36 Å². The number of carbonyl (C=O) groups is 1. The Morgan fingerprint density at radius 3 is 2.61 bits per heavy atom. The molecule has 0 unspecified atom stereocenters. The Kier molecular flexibility index (Phi) is 7.04. The fraction of sp³-hybridized carbons (Fsp3) is 0.258. The average molecular weight is 526 g/mol. The fourth-order valence-corrected chi connectivity index (χ4v) is 6.03. The number of rotatable bonds is 7. The van der Waals surface area contributed by atoms with E-state index in [-0.39, 0.29) is 12.2 Å². The van der Waals surface area contributed by atoms with Crippen LogP contribution < -0.4 is 14.9 Å². The summed E-state index contributed by atoms with van der Waals surface area (Å²) in [6, 6.07) is 15.6. The van der Waals surface area contributed by atoms with E-state index < -0.39 is 12.0 Å². The number of allylic oxidation sites excluding steroid dienone is 2. The van der Waals surface area contributed by atoms with Crippen LogP contribution in [0.25, 0.3) is 17.0 Å². The highest BCUT2D eigenvalue weighted by Crippen LogP contribution is 2.31. The molecule has 6 nitrogen and oxygen atoms in total. The first kappa shape index (κ1) is 25.7. The molecule has 2 aromatic carbocycles. The van der Waals surface area contributed by atoms with E-state index in [0.29, 0.717) is 33.1 Å². The largest absolute Gasteiger partial charge is 0.463 e. The minimum atomic E-state index is -0.615. The van der Waals surface area contributed by atoms with Crippen LogP contribution in [0.2, 0.25) is 0 Å². The van der Waals surface area contributed by atoms with Gasteiger partial charge >= 0.3 is 5.97 Å². The second kappa shape index (κ2) is 10.4. The molecule has 0 bridgehead atoms. The summed E-state index contributed by atoms with van der Waals surface area (Å²) in [5, 5.41) is 1.06. The van der Waals surface area contributed by atoms with Crippen molar-refractivity contribution in [2.24, 2.45) is 4.99 Å². The standard InChI is InChI=1S/C31H31N3O3S/c1-6-16-33-18-23(24-10-8-9-11-25(24)33)17-26-29(35)34-28(22-14-12-21(13-15-22)19(3)4)27(30(36)37-7-2)20(5)32-31(34)38-26/h6,8-15,17-19,28H,1,7,16H2,2-5H3/t28-/m0/s1. The van der Waals surface area contributed by atoms with Crippen LogP contribution in [0.5, 0.6) is 0 Å². The molecule has 1 aliphatic heterocycles. The molecule has 0 saturated heterocycles. The maximum Gasteiger partial charge on any atom is 0.338 e. The number of ether oxygens (including phenoxy) is 1. The SMILES string of the molecule is C=CCn1cc(C=c2sc3n(c2=O)[C@@H](c2ccc(C(C)C)cc2)C(C(=O)OCC)=C(C)N=3)c2ccccc21. The van der Waals surface area contributed by atoms with Gasteiger partial charge < -0.3 is 9.30 Å². The summed E-state index contributed by atoms with van der Waals surface area (Å²) in [5.74, 6) is -0.0791. The first-order valence-electron chi connectivity index (χ1n) is 12.8. The molecule has 38 heavy (non-hydrogen) atoms. The van der Waals surface area contributed by atoms with Gasteiger partial charge in [-0.15, -0.1) is 6.58 Å². The van der Waals surface area contributed by atoms with Gasteiger partial charge in [0.15, 0.2) is 4.80 Å². The predicted molar refractivity (Wildman–Crippen MR) is 153 cm³/mol. The van der Waals surface area contributed by atoms with Crippen molar-refractivity contribution in [1.82, 2.24) is 9.13 Å². The van der Waals surface area contributed by atoms with Gasteiger partial charge in [-0.1, -0.05) is 73.7 Å². The first-order valence-corrected chi connectivity index (χ1v) is 13.6. The number of aromatic nitrogens is 2. The summed E-state index contributed by atoms with van der Waals surface area (Å²) in [5.41, 5.74) is 4.85. The lowest BCUT2D eigenvalue weighted by Crippen LogP contribution is -2.39. The molecule has 0 fully saturated rings. The van der Waals surface area contributed by atoms with Gasteiger partial charge in [-0.05, 0) is 43.0 Å². The van der Waals surface area contributed by atoms with E-state index in [4.69, 9.17) is 9.73 Å². The lowest BCUT2D eigenvalue weighted by atomic mass is 9.93. The summed E-state index contributed by atoms with van der Waals surface area (Å²) < 4.78 is 9.73. The molecule has 194 valence electrons. The van der Waals surface area contributed by atoms with E-state index in [2.05, 4.69) is 49.3 Å². The molecule has 0 amide bonds. The highest BCUT2D eigenvalue weighted by molar-refractivity contribution is 7.07. The molecule has 0 N–H and O–H groups in total. The van der Waals surface area contributed by atoms with E-state index >= 15 is 0 Å². The number of carbonyl (C=O) groups excluding carboxylic acids is 1. The fourth-order valence-electron chi connectivity index (χ4n) is 4.99. The number of thiazole rings is 1. The molecule has 5 rings (SSSR count). The zero-order chi connectivity index (χ0) is 27.0. The Bertz CT molecular complexity index is 1750. The number of hydrogen-bond donors (Lipinski definition) is 0. The third kappa shape index (κ3) is 4.47. The van der Waals surface area contributed by atoms with Crippen LogP contribution in [0.15, 0.2) is 88.4 Å². The predicted octanol–water partition coefficient (Wildman–Crippen LogP) is 5.06. The van der Waals surface area contributed by atoms with Crippen LogP contribution in [0.4, 0.5) is 0 Å². The molecule has 0 aliphatic carbocycles. The van der Waals surface area contributed by atoms with Crippen molar-refractivity contribution in [3.05, 3.63) is 115 Å². The third-order valence-electron chi connectivity index (χ3n) is 6.87. The van der Waals surface area contributed by atoms with Crippen LogP contribution in [-0.2, 0) is 16.1 Å². The van der Waals surface area contributed by atoms with E-state index in [1.165, 1.54) is 16.9 Å². The van der Waals surface area contributed by atoms with E-state index in [1.54, 1.807) is 11.5 Å². The Morgan fingerprint density at radius 2 is 1.92 bits per heavy atom. The summed E-state index contributed by atoms with van der Waals surface area (Å²) in [6.45, 7) is 12.6. The molecule has 2 aromatic heterocycles. The molecule has 1 aliphatic rings. The number of hydrogen-bond acceptors (Lipinski definition) is 5.